The summed E-state index contributed by atoms with van der Waals surface area (Å²) in [6.45, 7) is 0. The van der Waals surface area contributed by atoms with Crippen LogP contribution >= 0.6 is 11.6 Å². The number of carbonyl (C=O) groups is 2. The van der Waals surface area contributed by atoms with Crippen molar-refractivity contribution in [2.75, 3.05) is 16.0 Å². The Morgan fingerprint density at radius 3 is 2.38 bits per heavy atom. The molecule has 4 aromatic rings. The highest BCUT2D eigenvalue weighted by Gasteiger charge is 2.27. The maximum absolute atomic E-state index is 14.1. The smallest absolute Gasteiger partial charge is 0.276 e. The van der Waals surface area contributed by atoms with E-state index in [2.05, 4.69) is 36.3 Å². The second kappa shape index (κ2) is 11.1. The predicted molar refractivity (Wildman–Crippen MR) is 150 cm³/mol. The molecule has 0 atom stereocenters. The lowest BCUT2D eigenvalue weighted by atomic mass is 9.91. The molecule has 12 heteroatoms. The molecule has 40 heavy (non-hydrogen) atoms. The van der Waals surface area contributed by atoms with Crippen molar-refractivity contribution in [3.05, 3.63) is 77.1 Å². The topological polar surface area (TPSA) is 125 Å². The average molecular weight is 563 g/mol. The zero-order valence-electron chi connectivity index (χ0n) is 21.5. The molecule has 6 rings (SSSR count). The largest absolute Gasteiger partial charge is 0.379 e. The minimum Gasteiger partial charge on any atom is -0.379 e. The first-order chi connectivity index (χ1) is 19.4. The van der Waals surface area contributed by atoms with E-state index in [1.807, 2.05) is 6.07 Å². The number of carbonyl (C=O) groups excluding carboxylic acids is 2. The Balaban J connectivity index is 1.16. The number of fused-ring (bicyclic) bond motifs is 1. The number of benzene rings is 1. The highest BCUT2D eigenvalue weighted by molar-refractivity contribution is 6.33. The summed E-state index contributed by atoms with van der Waals surface area (Å²) in [7, 11) is 0. The van der Waals surface area contributed by atoms with Crippen molar-refractivity contribution >= 4 is 46.3 Å². The number of amides is 2. The number of imidazole rings is 1. The Hall–Kier alpha value is -4.25. The zero-order chi connectivity index (χ0) is 27.6. The fraction of sp³-hybridized carbons (Fsp3) is 0.321. The van der Waals surface area contributed by atoms with Gasteiger partial charge in [0.25, 0.3) is 11.8 Å². The number of pyridine rings is 1. The third kappa shape index (κ3) is 5.69. The first-order valence-electron chi connectivity index (χ1n) is 13.3. The molecule has 3 heterocycles. The Labute approximate surface area is 234 Å². The van der Waals surface area contributed by atoms with Gasteiger partial charge in [0.1, 0.15) is 5.82 Å². The number of anilines is 3. The van der Waals surface area contributed by atoms with Crippen LogP contribution in [0.25, 0.3) is 5.65 Å². The van der Waals surface area contributed by atoms with Crippen molar-refractivity contribution in [2.24, 2.45) is 0 Å². The maximum Gasteiger partial charge on any atom is 0.276 e. The number of rotatable bonds is 8. The summed E-state index contributed by atoms with van der Waals surface area (Å²) in [4.78, 5) is 33.9. The molecule has 2 saturated carbocycles. The van der Waals surface area contributed by atoms with Crippen LogP contribution in [-0.2, 0) is 0 Å². The minimum absolute atomic E-state index is 0.0268. The van der Waals surface area contributed by atoms with E-state index in [4.69, 9.17) is 11.6 Å². The quantitative estimate of drug-likeness (QED) is 0.241. The summed E-state index contributed by atoms with van der Waals surface area (Å²) in [5.74, 6) is -0.729. The maximum atomic E-state index is 14.1. The van der Waals surface area contributed by atoms with E-state index in [0.717, 1.165) is 50.4 Å². The Morgan fingerprint density at radius 2 is 1.62 bits per heavy atom. The van der Waals surface area contributed by atoms with Gasteiger partial charge >= 0.3 is 0 Å². The number of nitrogens with zero attached hydrogens (tertiary/aromatic N) is 4. The number of hydrogen-bond donors (Lipinski definition) is 4. The monoisotopic (exact) mass is 562 g/mol. The van der Waals surface area contributed by atoms with Crippen molar-refractivity contribution in [3.8, 4) is 0 Å². The van der Waals surface area contributed by atoms with Crippen LogP contribution in [0.5, 0.6) is 0 Å². The van der Waals surface area contributed by atoms with Crippen LogP contribution in [0.2, 0.25) is 5.02 Å². The van der Waals surface area contributed by atoms with Gasteiger partial charge in [0.15, 0.2) is 17.2 Å². The lowest BCUT2D eigenvalue weighted by molar-refractivity contribution is 0.0926. The predicted octanol–water partition coefficient (Wildman–Crippen LogP) is 4.90. The molecule has 0 unspecified atom stereocenters. The third-order valence-electron chi connectivity index (χ3n) is 7.19. The summed E-state index contributed by atoms with van der Waals surface area (Å²) in [6.07, 6.45) is 9.28. The molecule has 4 N–H and O–H groups in total. The van der Waals surface area contributed by atoms with Crippen LogP contribution < -0.4 is 21.3 Å². The molecular formula is C28H28ClFN8O2. The van der Waals surface area contributed by atoms with Crippen LogP contribution in [0, 0.1) is 5.82 Å². The number of aromatic nitrogens is 4. The van der Waals surface area contributed by atoms with Gasteiger partial charge in [0, 0.05) is 30.4 Å². The summed E-state index contributed by atoms with van der Waals surface area (Å²) in [5.41, 5.74) is 1.97. The van der Waals surface area contributed by atoms with Crippen LogP contribution in [0.3, 0.4) is 0 Å². The van der Waals surface area contributed by atoms with E-state index in [9.17, 15) is 14.0 Å². The van der Waals surface area contributed by atoms with Gasteiger partial charge in [-0.15, -0.1) is 5.10 Å². The van der Waals surface area contributed by atoms with Crippen LogP contribution in [-0.4, -0.2) is 49.5 Å². The second-order valence-electron chi connectivity index (χ2n) is 10.2. The van der Waals surface area contributed by atoms with Crippen molar-refractivity contribution in [2.45, 2.75) is 56.7 Å². The van der Waals surface area contributed by atoms with Crippen molar-refractivity contribution in [1.29, 1.82) is 0 Å². The number of hydrogen-bond acceptors (Lipinski definition) is 7. The van der Waals surface area contributed by atoms with Gasteiger partial charge in [-0.1, -0.05) is 23.7 Å². The van der Waals surface area contributed by atoms with Crippen molar-refractivity contribution < 1.29 is 14.0 Å². The lowest BCUT2D eigenvalue weighted by Gasteiger charge is -2.30. The summed E-state index contributed by atoms with van der Waals surface area (Å²) >= 11 is 6.18. The summed E-state index contributed by atoms with van der Waals surface area (Å²) in [6, 6.07) is 10.9. The van der Waals surface area contributed by atoms with Gasteiger partial charge in [-0.25, -0.2) is 13.9 Å². The van der Waals surface area contributed by atoms with Crippen molar-refractivity contribution in [3.63, 3.8) is 0 Å². The second-order valence-corrected chi connectivity index (χ2v) is 10.6. The fourth-order valence-electron chi connectivity index (χ4n) is 4.91. The third-order valence-corrected chi connectivity index (χ3v) is 7.52. The molecular weight excluding hydrogens is 535 g/mol. The lowest BCUT2D eigenvalue weighted by Crippen LogP contribution is -2.40. The first-order valence-corrected chi connectivity index (χ1v) is 13.7. The highest BCUT2D eigenvalue weighted by atomic mass is 35.5. The molecule has 2 amide bonds. The van der Waals surface area contributed by atoms with E-state index in [-0.39, 0.29) is 29.4 Å². The molecule has 0 radical (unpaired) electrons. The molecule has 0 spiro atoms. The van der Waals surface area contributed by atoms with Crippen LogP contribution in [0.1, 0.15) is 59.4 Å². The molecule has 0 saturated heterocycles. The Bertz CT molecular complexity index is 1570. The van der Waals surface area contributed by atoms with E-state index in [1.54, 1.807) is 24.3 Å². The first kappa shape index (κ1) is 26.0. The van der Waals surface area contributed by atoms with Crippen LogP contribution in [0.15, 0.2) is 55.0 Å². The fourth-order valence-corrected chi connectivity index (χ4v) is 5.13. The van der Waals surface area contributed by atoms with Crippen molar-refractivity contribution in [1.82, 2.24) is 24.9 Å². The van der Waals surface area contributed by atoms with E-state index in [1.165, 1.54) is 23.0 Å². The van der Waals surface area contributed by atoms with Gasteiger partial charge in [0.2, 0.25) is 0 Å². The van der Waals surface area contributed by atoms with E-state index < -0.39 is 11.7 Å². The molecule has 1 aromatic carbocycles. The standard InChI is InChI=1S/C28H28ClFN8O2/c29-20-4-2-1-3-19(20)27(39)35-18-9-7-17(8-10-18)34-25-13-23(33-16-5-6-16)26-32-15-24(38(26)37-25)28(40)36-22-11-12-31-14-21(22)30/h1-4,11-18,33H,5-10H2,(H,34,37)(H,35,39)(H,31,36,40)/t17-,18-. The normalized spacial score (nSPS) is 18.8. The molecule has 10 nitrogen and oxygen atoms in total. The number of nitrogens with one attached hydrogen (secondary N) is 4. The SMILES string of the molecule is O=C(N[C@H]1CC[C@H](Nc2cc(NC3CC3)c3ncc(C(=O)Nc4ccncc4F)n3n2)CC1)c1ccccc1Cl. The molecule has 2 aliphatic carbocycles. The Kier molecular flexibility index (Phi) is 7.21. The minimum atomic E-state index is -0.630. The van der Waals surface area contributed by atoms with Gasteiger partial charge in [-0.2, -0.15) is 0 Å². The van der Waals surface area contributed by atoms with Gasteiger partial charge in [0.05, 0.1) is 34.4 Å². The van der Waals surface area contributed by atoms with Gasteiger partial charge in [-0.05, 0) is 56.7 Å². The molecule has 206 valence electrons. The average Bonchev–Trinajstić information content (AvgIpc) is 3.66. The van der Waals surface area contributed by atoms with Gasteiger partial charge in [-0.3, -0.25) is 14.6 Å². The summed E-state index contributed by atoms with van der Waals surface area (Å²) in [5, 5.41) is 17.8. The molecule has 2 fully saturated rings. The molecule has 0 aliphatic heterocycles. The molecule has 2 aliphatic rings. The van der Waals surface area contributed by atoms with E-state index >= 15 is 0 Å². The number of halogens is 2. The molecule has 0 bridgehead atoms. The zero-order valence-corrected chi connectivity index (χ0v) is 22.3. The van der Waals surface area contributed by atoms with E-state index in [0.29, 0.717) is 28.1 Å². The summed E-state index contributed by atoms with van der Waals surface area (Å²) < 4.78 is 15.6. The van der Waals surface area contributed by atoms with Crippen LogP contribution in [0.4, 0.5) is 21.6 Å². The van der Waals surface area contributed by atoms with Gasteiger partial charge < -0.3 is 21.3 Å². The Morgan fingerprint density at radius 1 is 0.900 bits per heavy atom. The molecule has 3 aromatic heterocycles. The highest BCUT2D eigenvalue weighted by Crippen LogP contribution is 2.30.